The highest BCUT2D eigenvalue weighted by molar-refractivity contribution is 9.11. The molecule has 92 valence electrons. The molecular formula is C11H9BrN4OS. The zero-order valence-corrected chi connectivity index (χ0v) is 11.6. The maximum atomic E-state index is 11.2. The number of benzene rings is 1. The van der Waals surface area contributed by atoms with Crippen LogP contribution in [0.25, 0.3) is 21.6 Å². The molecule has 3 rings (SSSR count). The highest BCUT2D eigenvalue weighted by atomic mass is 79.9. The third kappa shape index (κ3) is 1.90. The summed E-state index contributed by atoms with van der Waals surface area (Å²) in [5, 5.41) is 0.881. The fourth-order valence-electron chi connectivity index (χ4n) is 1.75. The topological polar surface area (TPSA) is 87.6 Å². The van der Waals surface area contributed by atoms with Crippen molar-refractivity contribution in [2.75, 3.05) is 0 Å². The van der Waals surface area contributed by atoms with E-state index in [1.807, 2.05) is 18.2 Å². The minimum absolute atomic E-state index is 0.204. The van der Waals surface area contributed by atoms with Crippen LogP contribution in [-0.4, -0.2) is 15.0 Å². The van der Waals surface area contributed by atoms with Gasteiger partial charge in [-0.15, -0.1) is 11.3 Å². The lowest BCUT2D eigenvalue weighted by atomic mass is 10.2. The van der Waals surface area contributed by atoms with E-state index in [0.29, 0.717) is 6.54 Å². The molecule has 1 aromatic carbocycles. The Labute approximate surface area is 114 Å². The van der Waals surface area contributed by atoms with Crippen LogP contribution >= 0.6 is 27.3 Å². The van der Waals surface area contributed by atoms with Crippen molar-refractivity contribution in [2.45, 2.75) is 6.54 Å². The van der Waals surface area contributed by atoms with Crippen LogP contribution in [0.2, 0.25) is 0 Å². The number of aromatic amines is 2. The van der Waals surface area contributed by atoms with E-state index < -0.39 is 0 Å². The largest absolute Gasteiger partial charge is 0.325 e. The molecule has 2 aromatic heterocycles. The molecule has 0 bridgehead atoms. The molecule has 0 spiro atoms. The highest BCUT2D eigenvalue weighted by Crippen LogP contribution is 2.32. The second kappa shape index (κ2) is 4.34. The highest BCUT2D eigenvalue weighted by Gasteiger charge is 2.10. The summed E-state index contributed by atoms with van der Waals surface area (Å²) < 4.78 is 0.947. The van der Waals surface area contributed by atoms with Gasteiger partial charge in [0.05, 0.1) is 20.5 Å². The van der Waals surface area contributed by atoms with Gasteiger partial charge in [0.2, 0.25) is 0 Å². The summed E-state index contributed by atoms with van der Waals surface area (Å²) in [4.78, 5) is 21.1. The predicted molar refractivity (Wildman–Crippen MR) is 75.6 cm³/mol. The van der Waals surface area contributed by atoms with Crippen LogP contribution in [0.3, 0.4) is 0 Å². The van der Waals surface area contributed by atoms with E-state index in [2.05, 4.69) is 30.9 Å². The summed E-state index contributed by atoms with van der Waals surface area (Å²) in [5.41, 5.74) is 8.77. The number of aromatic nitrogens is 3. The van der Waals surface area contributed by atoms with Gasteiger partial charge in [-0.3, -0.25) is 0 Å². The van der Waals surface area contributed by atoms with Gasteiger partial charge >= 0.3 is 5.69 Å². The molecule has 0 amide bonds. The van der Waals surface area contributed by atoms with Crippen LogP contribution in [0, 0.1) is 0 Å². The number of hydrogen-bond acceptors (Lipinski definition) is 4. The molecule has 0 aliphatic rings. The summed E-state index contributed by atoms with van der Waals surface area (Å²) >= 11 is 4.97. The summed E-state index contributed by atoms with van der Waals surface area (Å²) in [5.74, 6) is 0. The van der Waals surface area contributed by atoms with Crippen LogP contribution in [0.1, 0.15) is 5.69 Å². The smallest absolute Gasteiger partial charge is 0.323 e. The summed E-state index contributed by atoms with van der Waals surface area (Å²) in [6.07, 6.45) is 0. The number of nitrogens with two attached hydrogens (primary N) is 1. The molecule has 0 saturated heterocycles. The van der Waals surface area contributed by atoms with E-state index in [0.717, 1.165) is 31.1 Å². The standard InChI is InChI=1S/C11H9BrN4OS/c12-9-8(4-13)14-10(18-9)5-1-2-6-7(3-5)16-11(17)15-6/h1-3H,4,13H2,(H2,15,16,17). The first-order valence-electron chi connectivity index (χ1n) is 5.25. The molecule has 0 aliphatic heterocycles. The van der Waals surface area contributed by atoms with Crippen molar-refractivity contribution in [2.24, 2.45) is 5.73 Å². The lowest BCUT2D eigenvalue weighted by Gasteiger charge is -1.95. The fraction of sp³-hybridized carbons (Fsp3) is 0.0909. The molecule has 0 aliphatic carbocycles. The fourth-order valence-corrected chi connectivity index (χ4v) is 3.28. The van der Waals surface area contributed by atoms with Crippen LogP contribution in [0.5, 0.6) is 0 Å². The number of thiazole rings is 1. The number of hydrogen-bond donors (Lipinski definition) is 3. The molecule has 0 atom stereocenters. The van der Waals surface area contributed by atoms with Gasteiger partial charge in [-0.25, -0.2) is 9.78 Å². The second-order valence-electron chi connectivity index (χ2n) is 3.78. The van der Waals surface area contributed by atoms with Gasteiger partial charge in [-0.2, -0.15) is 0 Å². The molecular weight excluding hydrogens is 316 g/mol. The van der Waals surface area contributed by atoms with Crippen molar-refractivity contribution < 1.29 is 0 Å². The Bertz CT molecular complexity index is 773. The van der Waals surface area contributed by atoms with Crippen molar-refractivity contribution >= 4 is 38.3 Å². The molecule has 7 heteroatoms. The molecule has 5 nitrogen and oxygen atoms in total. The SMILES string of the molecule is NCc1nc(-c2ccc3[nH]c(=O)[nH]c3c2)sc1Br. The lowest BCUT2D eigenvalue weighted by molar-refractivity contribution is 1.01. The van der Waals surface area contributed by atoms with E-state index >= 15 is 0 Å². The van der Waals surface area contributed by atoms with Gasteiger partial charge in [0, 0.05) is 12.1 Å². The van der Waals surface area contributed by atoms with Crippen LogP contribution in [0.15, 0.2) is 26.8 Å². The van der Waals surface area contributed by atoms with Crippen LogP contribution in [-0.2, 0) is 6.54 Å². The number of rotatable bonds is 2. The maximum absolute atomic E-state index is 11.2. The van der Waals surface area contributed by atoms with Crippen LogP contribution < -0.4 is 11.4 Å². The minimum atomic E-state index is -0.204. The summed E-state index contributed by atoms with van der Waals surface area (Å²) in [6.45, 7) is 0.403. The predicted octanol–water partition coefficient (Wildman–Crippen LogP) is 2.20. The first kappa shape index (κ1) is 11.6. The molecule has 2 heterocycles. The van der Waals surface area contributed by atoms with E-state index in [1.54, 1.807) is 0 Å². The normalized spacial score (nSPS) is 11.2. The maximum Gasteiger partial charge on any atom is 0.323 e. The van der Waals surface area contributed by atoms with Gasteiger partial charge in [0.15, 0.2) is 0 Å². The number of nitrogens with one attached hydrogen (secondary N) is 2. The Kier molecular flexibility index (Phi) is 2.81. The minimum Gasteiger partial charge on any atom is -0.325 e. The van der Waals surface area contributed by atoms with Crippen molar-refractivity contribution in [1.82, 2.24) is 15.0 Å². The average molecular weight is 325 g/mol. The number of imidazole rings is 1. The molecule has 3 aromatic rings. The lowest BCUT2D eigenvalue weighted by Crippen LogP contribution is -1.99. The first-order valence-corrected chi connectivity index (χ1v) is 6.86. The van der Waals surface area contributed by atoms with Gasteiger partial charge in [-0.05, 0) is 34.1 Å². The van der Waals surface area contributed by atoms with Crippen molar-refractivity contribution in [1.29, 1.82) is 0 Å². The number of halogens is 1. The molecule has 0 saturated carbocycles. The monoisotopic (exact) mass is 324 g/mol. The van der Waals surface area contributed by atoms with Gasteiger partial charge in [-0.1, -0.05) is 0 Å². The zero-order chi connectivity index (χ0) is 12.7. The van der Waals surface area contributed by atoms with Gasteiger partial charge in [0.25, 0.3) is 0 Å². The molecule has 0 unspecified atom stereocenters. The third-order valence-electron chi connectivity index (χ3n) is 2.61. The number of nitrogens with zero attached hydrogens (tertiary/aromatic N) is 1. The van der Waals surface area contributed by atoms with E-state index in [9.17, 15) is 4.79 Å². The van der Waals surface area contributed by atoms with E-state index in [1.165, 1.54) is 11.3 Å². The Morgan fingerprint density at radius 3 is 2.83 bits per heavy atom. The Morgan fingerprint density at radius 1 is 1.33 bits per heavy atom. The van der Waals surface area contributed by atoms with Crippen molar-refractivity contribution in [3.8, 4) is 10.6 Å². The average Bonchev–Trinajstić information content (AvgIpc) is 2.89. The van der Waals surface area contributed by atoms with Gasteiger partial charge in [0.1, 0.15) is 5.01 Å². The quantitative estimate of drug-likeness (QED) is 0.675. The van der Waals surface area contributed by atoms with Gasteiger partial charge < -0.3 is 15.7 Å². The van der Waals surface area contributed by atoms with E-state index in [4.69, 9.17) is 5.73 Å². The Morgan fingerprint density at radius 2 is 2.11 bits per heavy atom. The number of H-pyrrole nitrogens is 2. The number of fused-ring (bicyclic) bond motifs is 1. The molecule has 0 fully saturated rings. The first-order chi connectivity index (χ1) is 8.67. The van der Waals surface area contributed by atoms with E-state index in [-0.39, 0.29) is 5.69 Å². The Balaban J connectivity index is 2.15. The van der Waals surface area contributed by atoms with Crippen molar-refractivity contribution in [3.63, 3.8) is 0 Å². The summed E-state index contributed by atoms with van der Waals surface area (Å²) in [6, 6.07) is 5.69. The molecule has 4 N–H and O–H groups in total. The molecule has 18 heavy (non-hydrogen) atoms. The molecule has 0 radical (unpaired) electrons. The summed E-state index contributed by atoms with van der Waals surface area (Å²) in [7, 11) is 0. The second-order valence-corrected chi connectivity index (χ2v) is 6.10. The van der Waals surface area contributed by atoms with Crippen LogP contribution in [0.4, 0.5) is 0 Å². The zero-order valence-electron chi connectivity index (χ0n) is 9.16. The van der Waals surface area contributed by atoms with Crippen molar-refractivity contribution in [3.05, 3.63) is 38.2 Å². The third-order valence-corrected chi connectivity index (χ3v) is 4.48. The Hall–Kier alpha value is -1.44.